The van der Waals surface area contributed by atoms with Crippen molar-refractivity contribution < 1.29 is 0 Å². The molecule has 1 aromatic heterocycles. The van der Waals surface area contributed by atoms with Gasteiger partial charge in [-0.15, -0.1) is 0 Å². The van der Waals surface area contributed by atoms with E-state index in [9.17, 15) is 0 Å². The average molecular weight is 253 g/mol. The SMILES string of the molecule is Cc1c(C2C3CCc4ccccc4C32)nn(C)c1N. The largest absolute Gasteiger partial charge is 0.384 e. The molecule has 0 saturated heterocycles. The highest BCUT2D eigenvalue weighted by molar-refractivity contribution is 5.50. The Bertz CT molecular complexity index is 656. The number of nitrogens with two attached hydrogens (primary N) is 1. The van der Waals surface area contributed by atoms with Crippen molar-refractivity contribution in [2.24, 2.45) is 13.0 Å². The van der Waals surface area contributed by atoms with Crippen LogP contribution in [0.2, 0.25) is 0 Å². The van der Waals surface area contributed by atoms with Crippen molar-refractivity contribution in [1.29, 1.82) is 0 Å². The predicted octanol–water partition coefficient (Wildman–Crippen LogP) is 2.75. The van der Waals surface area contributed by atoms with Crippen LogP contribution in [0.1, 0.15) is 40.6 Å². The first-order valence-corrected chi connectivity index (χ1v) is 7.05. The van der Waals surface area contributed by atoms with Gasteiger partial charge in [-0.25, -0.2) is 0 Å². The molecule has 2 aliphatic rings. The second-order valence-electron chi connectivity index (χ2n) is 5.97. The fraction of sp³-hybridized carbons (Fsp3) is 0.438. The highest BCUT2D eigenvalue weighted by Gasteiger charge is 2.55. The maximum atomic E-state index is 6.05. The van der Waals surface area contributed by atoms with E-state index in [1.807, 2.05) is 11.7 Å². The highest BCUT2D eigenvalue weighted by atomic mass is 15.3. The molecule has 3 heteroatoms. The summed E-state index contributed by atoms with van der Waals surface area (Å²) in [6.07, 6.45) is 2.51. The van der Waals surface area contributed by atoms with Crippen LogP contribution in [0.3, 0.4) is 0 Å². The third kappa shape index (κ3) is 1.41. The first-order valence-electron chi connectivity index (χ1n) is 7.05. The Hall–Kier alpha value is -1.77. The lowest BCUT2D eigenvalue weighted by atomic mass is 9.92. The lowest BCUT2D eigenvalue weighted by molar-refractivity contribution is 0.653. The van der Waals surface area contributed by atoms with E-state index in [1.165, 1.54) is 29.7 Å². The summed E-state index contributed by atoms with van der Waals surface area (Å²) in [5, 5.41) is 4.66. The van der Waals surface area contributed by atoms with Crippen LogP contribution in [0.25, 0.3) is 0 Å². The maximum Gasteiger partial charge on any atom is 0.124 e. The first kappa shape index (κ1) is 11.1. The Morgan fingerprint density at radius 2 is 2.05 bits per heavy atom. The molecule has 3 unspecified atom stereocenters. The minimum atomic E-state index is 0.590. The van der Waals surface area contributed by atoms with E-state index < -0.39 is 0 Å². The van der Waals surface area contributed by atoms with Gasteiger partial charge in [-0.3, -0.25) is 4.68 Å². The van der Waals surface area contributed by atoms with Crippen molar-refractivity contribution in [2.75, 3.05) is 5.73 Å². The number of nitrogen functional groups attached to an aromatic ring is 1. The zero-order chi connectivity index (χ0) is 13.1. The Morgan fingerprint density at radius 1 is 1.26 bits per heavy atom. The maximum absolute atomic E-state index is 6.05. The van der Waals surface area contributed by atoms with Gasteiger partial charge in [-0.05, 0) is 42.7 Å². The van der Waals surface area contributed by atoms with E-state index in [-0.39, 0.29) is 0 Å². The normalized spacial score (nSPS) is 27.8. The molecule has 19 heavy (non-hydrogen) atoms. The second kappa shape index (κ2) is 3.62. The van der Waals surface area contributed by atoms with E-state index >= 15 is 0 Å². The fourth-order valence-corrected chi connectivity index (χ4v) is 3.92. The summed E-state index contributed by atoms with van der Waals surface area (Å²) in [5.41, 5.74) is 11.5. The van der Waals surface area contributed by atoms with Gasteiger partial charge in [0.25, 0.3) is 0 Å². The molecule has 1 saturated carbocycles. The predicted molar refractivity (Wildman–Crippen MR) is 76.1 cm³/mol. The smallest absolute Gasteiger partial charge is 0.124 e. The van der Waals surface area contributed by atoms with E-state index in [0.717, 1.165) is 11.7 Å². The molecule has 0 radical (unpaired) electrons. The summed E-state index contributed by atoms with van der Waals surface area (Å²) in [7, 11) is 1.94. The Morgan fingerprint density at radius 3 is 2.79 bits per heavy atom. The number of rotatable bonds is 1. The molecule has 2 N–H and O–H groups in total. The van der Waals surface area contributed by atoms with Crippen LogP contribution >= 0.6 is 0 Å². The Balaban J connectivity index is 1.76. The van der Waals surface area contributed by atoms with Crippen LogP contribution in [0.15, 0.2) is 24.3 Å². The second-order valence-corrected chi connectivity index (χ2v) is 5.97. The molecule has 3 nitrogen and oxygen atoms in total. The molecule has 0 amide bonds. The first-order chi connectivity index (χ1) is 9.18. The molecule has 1 aromatic carbocycles. The van der Waals surface area contributed by atoms with Gasteiger partial charge in [0.2, 0.25) is 0 Å². The number of benzene rings is 1. The van der Waals surface area contributed by atoms with Crippen LogP contribution in [-0.2, 0) is 13.5 Å². The lowest BCUT2D eigenvalue weighted by Crippen LogP contribution is -2.00. The molecular formula is C16H19N3. The summed E-state index contributed by atoms with van der Waals surface area (Å²) < 4.78 is 1.82. The van der Waals surface area contributed by atoms with Crippen molar-refractivity contribution in [3.05, 3.63) is 46.6 Å². The number of hydrogen-bond acceptors (Lipinski definition) is 2. The number of aromatic nitrogens is 2. The third-order valence-corrected chi connectivity index (χ3v) is 5.02. The average Bonchev–Trinajstić information content (AvgIpc) is 3.11. The summed E-state index contributed by atoms with van der Waals surface area (Å²) in [6, 6.07) is 8.89. The Labute approximate surface area is 113 Å². The molecule has 3 atom stereocenters. The summed E-state index contributed by atoms with van der Waals surface area (Å²) >= 11 is 0. The summed E-state index contributed by atoms with van der Waals surface area (Å²) in [6.45, 7) is 2.11. The van der Waals surface area contributed by atoms with Crippen LogP contribution < -0.4 is 5.73 Å². The van der Waals surface area contributed by atoms with Gasteiger partial charge < -0.3 is 5.73 Å². The molecule has 2 aliphatic carbocycles. The number of aryl methyl sites for hydroxylation is 2. The molecule has 0 spiro atoms. The number of fused-ring (bicyclic) bond motifs is 3. The van der Waals surface area contributed by atoms with Gasteiger partial charge in [-0.2, -0.15) is 5.10 Å². The van der Waals surface area contributed by atoms with Crippen molar-refractivity contribution in [2.45, 2.75) is 31.6 Å². The van der Waals surface area contributed by atoms with E-state index in [2.05, 4.69) is 36.3 Å². The lowest BCUT2D eigenvalue weighted by Gasteiger charge is -2.13. The fourth-order valence-electron chi connectivity index (χ4n) is 3.92. The molecular weight excluding hydrogens is 234 g/mol. The standard InChI is InChI=1S/C16H19N3/c1-9-15(18-19(2)16(9)17)14-12-8-7-10-5-3-4-6-11(10)13(12)14/h3-6,12-14H,7-8,17H2,1-2H3. The van der Waals surface area contributed by atoms with E-state index in [1.54, 1.807) is 5.56 Å². The van der Waals surface area contributed by atoms with E-state index in [0.29, 0.717) is 11.8 Å². The molecule has 0 bridgehead atoms. The molecule has 1 heterocycles. The van der Waals surface area contributed by atoms with Gasteiger partial charge >= 0.3 is 0 Å². The van der Waals surface area contributed by atoms with Gasteiger partial charge in [0, 0.05) is 18.5 Å². The zero-order valence-corrected chi connectivity index (χ0v) is 11.4. The molecule has 4 rings (SSSR count). The summed E-state index contributed by atoms with van der Waals surface area (Å²) in [5.74, 6) is 2.86. The molecule has 1 fully saturated rings. The third-order valence-electron chi connectivity index (χ3n) is 5.02. The van der Waals surface area contributed by atoms with Crippen LogP contribution in [-0.4, -0.2) is 9.78 Å². The molecule has 2 aromatic rings. The zero-order valence-electron chi connectivity index (χ0n) is 11.4. The molecule has 0 aliphatic heterocycles. The minimum absolute atomic E-state index is 0.590. The number of nitrogens with zero attached hydrogens (tertiary/aromatic N) is 2. The highest BCUT2D eigenvalue weighted by Crippen LogP contribution is 2.65. The van der Waals surface area contributed by atoms with Crippen molar-refractivity contribution in [1.82, 2.24) is 9.78 Å². The van der Waals surface area contributed by atoms with Crippen LogP contribution in [0.4, 0.5) is 5.82 Å². The van der Waals surface area contributed by atoms with Crippen molar-refractivity contribution >= 4 is 5.82 Å². The van der Waals surface area contributed by atoms with Gasteiger partial charge in [-0.1, -0.05) is 24.3 Å². The Kier molecular flexibility index (Phi) is 2.12. The topological polar surface area (TPSA) is 43.8 Å². The van der Waals surface area contributed by atoms with Crippen molar-refractivity contribution in [3.63, 3.8) is 0 Å². The van der Waals surface area contributed by atoms with Crippen LogP contribution in [0.5, 0.6) is 0 Å². The number of hydrogen-bond donors (Lipinski definition) is 1. The quantitative estimate of drug-likeness (QED) is 0.849. The van der Waals surface area contributed by atoms with E-state index in [4.69, 9.17) is 5.73 Å². The van der Waals surface area contributed by atoms with Gasteiger partial charge in [0.1, 0.15) is 5.82 Å². The van der Waals surface area contributed by atoms with Gasteiger partial charge in [0.05, 0.1) is 5.69 Å². The van der Waals surface area contributed by atoms with Crippen LogP contribution in [0, 0.1) is 12.8 Å². The minimum Gasteiger partial charge on any atom is -0.384 e. The summed E-state index contributed by atoms with van der Waals surface area (Å²) in [4.78, 5) is 0. The van der Waals surface area contributed by atoms with Crippen molar-refractivity contribution in [3.8, 4) is 0 Å². The number of anilines is 1. The monoisotopic (exact) mass is 253 g/mol. The molecule has 98 valence electrons. The van der Waals surface area contributed by atoms with Gasteiger partial charge in [0.15, 0.2) is 0 Å².